The third kappa shape index (κ3) is 4.45. The molecule has 0 radical (unpaired) electrons. The summed E-state index contributed by atoms with van der Waals surface area (Å²) in [6.07, 6.45) is 8.99. The van der Waals surface area contributed by atoms with E-state index in [0.717, 1.165) is 31.4 Å². The molecule has 1 saturated carbocycles. The summed E-state index contributed by atoms with van der Waals surface area (Å²) < 4.78 is 3.46. The van der Waals surface area contributed by atoms with E-state index in [1.54, 1.807) is 17.1 Å². The number of hydrogen-bond acceptors (Lipinski definition) is 4. The van der Waals surface area contributed by atoms with Crippen LogP contribution in [0.4, 0.5) is 0 Å². The first-order valence-corrected chi connectivity index (χ1v) is 8.17. The van der Waals surface area contributed by atoms with E-state index < -0.39 is 11.1 Å². The van der Waals surface area contributed by atoms with E-state index >= 15 is 0 Å². The van der Waals surface area contributed by atoms with Gasteiger partial charge in [-0.3, -0.25) is 14.2 Å². The fraction of sp³-hybridized carbons (Fsp3) is 0.353. The highest BCUT2D eigenvalue weighted by Crippen LogP contribution is 2.28. The molecule has 4 rings (SSSR count). The van der Waals surface area contributed by atoms with Crippen molar-refractivity contribution in [2.24, 2.45) is 5.73 Å². The van der Waals surface area contributed by atoms with Crippen molar-refractivity contribution in [2.45, 2.75) is 37.8 Å². The minimum Gasteiger partial charge on any atom is -0.412 e. The third-order valence-corrected chi connectivity index (χ3v) is 4.82. The van der Waals surface area contributed by atoms with Gasteiger partial charge in [-0.1, -0.05) is 12.8 Å². The van der Waals surface area contributed by atoms with E-state index in [2.05, 4.69) is 9.97 Å². The SMILES string of the molecule is Cl.Cl.NC1CCCCC1n1c(=O)c(=O)[nH]c2ccc(-n3ccnc3)cc21.O.O. The molecule has 1 aliphatic rings. The zero-order valence-corrected chi connectivity index (χ0v) is 16.6. The lowest BCUT2D eigenvalue weighted by Gasteiger charge is -2.31. The average molecular weight is 434 g/mol. The topological polar surface area (TPSA) is 162 Å². The fourth-order valence-corrected chi connectivity index (χ4v) is 3.58. The predicted molar refractivity (Wildman–Crippen MR) is 113 cm³/mol. The Morgan fingerprint density at radius 2 is 1.82 bits per heavy atom. The maximum absolute atomic E-state index is 12.6. The highest BCUT2D eigenvalue weighted by Gasteiger charge is 2.26. The summed E-state index contributed by atoms with van der Waals surface area (Å²) in [5, 5.41) is 0. The summed E-state index contributed by atoms with van der Waals surface area (Å²) in [6.45, 7) is 0. The highest BCUT2D eigenvalue weighted by molar-refractivity contribution is 5.85. The van der Waals surface area contributed by atoms with Crippen molar-refractivity contribution in [3.05, 3.63) is 57.6 Å². The van der Waals surface area contributed by atoms with Crippen molar-refractivity contribution >= 4 is 35.8 Å². The molecule has 7 N–H and O–H groups in total. The lowest BCUT2D eigenvalue weighted by Crippen LogP contribution is -2.45. The number of H-pyrrole nitrogens is 1. The van der Waals surface area contributed by atoms with Crippen LogP contribution in [-0.4, -0.2) is 36.1 Å². The zero-order valence-electron chi connectivity index (χ0n) is 15.0. The first-order valence-electron chi connectivity index (χ1n) is 8.17. The van der Waals surface area contributed by atoms with Gasteiger partial charge in [-0.25, -0.2) is 4.98 Å². The van der Waals surface area contributed by atoms with E-state index in [9.17, 15) is 9.59 Å². The standard InChI is InChI=1S/C17H19N5O2.2ClH.2H2O/c18-12-3-1-2-4-14(12)22-15-9-11(21-8-7-19-10-21)5-6-13(15)20-16(23)17(22)24;;;;/h5-10,12,14H,1-4,18H2,(H,20,23);2*1H;2*1H2. The Labute approximate surface area is 173 Å². The summed E-state index contributed by atoms with van der Waals surface area (Å²) in [4.78, 5) is 31.4. The number of fused-ring (bicyclic) bond motifs is 1. The number of nitrogens with zero attached hydrogens (tertiary/aromatic N) is 3. The monoisotopic (exact) mass is 433 g/mol. The van der Waals surface area contributed by atoms with Gasteiger partial charge in [-0.15, -0.1) is 24.8 Å². The van der Waals surface area contributed by atoms with Gasteiger partial charge >= 0.3 is 11.1 Å². The molecule has 2 unspecified atom stereocenters. The van der Waals surface area contributed by atoms with E-state index in [-0.39, 0.29) is 47.9 Å². The minimum atomic E-state index is -0.601. The number of imidazole rings is 1. The molecule has 1 fully saturated rings. The van der Waals surface area contributed by atoms with Gasteiger partial charge in [0.2, 0.25) is 0 Å². The third-order valence-electron chi connectivity index (χ3n) is 4.82. The molecule has 156 valence electrons. The number of benzene rings is 1. The average Bonchev–Trinajstić information content (AvgIpc) is 3.11. The summed E-state index contributed by atoms with van der Waals surface area (Å²) in [6, 6.07) is 5.34. The number of aromatic nitrogens is 4. The molecule has 0 spiro atoms. The molecule has 11 heteroatoms. The molecule has 0 aliphatic heterocycles. The largest absolute Gasteiger partial charge is 0.412 e. The number of halogens is 2. The van der Waals surface area contributed by atoms with Crippen LogP contribution in [0.15, 0.2) is 46.5 Å². The highest BCUT2D eigenvalue weighted by atomic mass is 35.5. The molecule has 0 amide bonds. The lowest BCUT2D eigenvalue weighted by atomic mass is 9.90. The Kier molecular flexibility index (Phi) is 9.59. The first-order chi connectivity index (χ1) is 11.6. The van der Waals surface area contributed by atoms with Gasteiger partial charge in [-0.2, -0.15) is 0 Å². The molecule has 1 aliphatic carbocycles. The Balaban J connectivity index is 0.00000182. The Hall–Kier alpha value is -2.17. The van der Waals surface area contributed by atoms with Crippen LogP contribution in [0.2, 0.25) is 0 Å². The zero-order chi connectivity index (χ0) is 16.7. The smallest absolute Gasteiger partial charge is 0.317 e. The van der Waals surface area contributed by atoms with Crippen LogP contribution < -0.4 is 16.9 Å². The van der Waals surface area contributed by atoms with Crippen LogP contribution in [-0.2, 0) is 0 Å². The number of nitrogens with one attached hydrogen (secondary N) is 1. The van der Waals surface area contributed by atoms with E-state index in [1.807, 2.05) is 29.0 Å². The molecular weight excluding hydrogens is 409 g/mol. The van der Waals surface area contributed by atoms with Crippen LogP contribution in [0.5, 0.6) is 0 Å². The maximum Gasteiger partial charge on any atom is 0.317 e. The summed E-state index contributed by atoms with van der Waals surface area (Å²) in [7, 11) is 0. The van der Waals surface area contributed by atoms with E-state index in [1.165, 1.54) is 0 Å². The van der Waals surface area contributed by atoms with Crippen molar-refractivity contribution in [3.8, 4) is 5.69 Å². The van der Waals surface area contributed by atoms with Crippen LogP contribution in [0.3, 0.4) is 0 Å². The molecule has 9 nitrogen and oxygen atoms in total. The van der Waals surface area contributed by atoms with Gasteiger partial charge in [-0.05, 0) is 31.0 Å². The molecule has 3 aromatic rings. The fourth-order valence-electron chi connectivity index (χ4n) is 3.58. The normalized spacial score (nSPS) is 18.2. The molecule has 2 heterocycles. The van der Waals surface area contributed by atoms with Crippen LogP contribution >= 0.6 is 24.8 Å². The molecule has 0 saturated heterocycles. The van der Waals surface area contributed by atoms with Gasteiger partial charge in [0.25, 0.3) is 0 Å². The molecule has 1 aromatic carbocycles. The summed E-state index contributed by atoms with van der Waals surface area (Å²) in [5.74, 6) is 0. The van der Waals surface area contributed by atoms with Crippen molar-refractivity contribution in [3.63, 3.8) is 0 Å². The molecule has 0 bridgehead atoms. The van der Waals surface area contributed by atoms with Gasteiger partial charge in [0.1, 0.15) is 0 Å². The van der Waals surface area contributed by atoms with Crippen LogP contribution in [0.25, 0.3) is 16.7 Å². The maximum atomic E-state index is 12.6. The van der Waals surface area contributed by atoms with Gasteiger partial charge in [0, 0.05) is 24.1 Å². The van der Waals surface area contributed by atoms with Crippen molar-refractivity contribution in [1.29, 1.82) is 0 Å². The molecule has 2 atom stereocenters. The van der Waals surface area contributed by atoms with Gasteiger partial charge < -0.3 is 26.2 Å². The number of aromatic amines is 1. The van der Waals surface area contributed by atoms with E-state index in [0.29, 0.717) is 11.0 Å². The lowest BCUT2D eigenvalue weighted by molar-refractivity contribution is 0.306. The Morgan fingerprint density at radius 3 is 2.46 bits per heavy atom. The quantitative estimate of drug-likeness (QED) is 0.562. The number of nitrogens with two attached hydrogens (primary N) is 1. The summed E-state index contributed by atoms with van der Waals surface area (Å²) >= 11 is 0. The van der Waals surface area contributed by atoms with Crippen molar-refractivity contribution in [1.82, 2.24) is 19.1 Å². The number of rotatable bonds is 2. The predicted octanol–water partition coefficient (Wildman–Crippen LogP) is 0.512. The van der Waals surface area contributed by atoms with Gasteiger partial charge in [0.05, 0.1) is 23.4 Å². The summed E-state index contributed by atoms with van der Waals surface area (Å²) in [5.41, 5.74) is 7.35. The minimum absolute atomic E-state index is 0. The van der Waals surface area contributed by atoms with Crippen molar-refractivity contribution in [2.75, 3.05) is 0 Å². The van der Waals surface area contributed by atoms with Gasteiger partial charge in [0.15, 0.2) is 0 Å². The number of hydrogen-bond donors (Lipinski definition) is 2. The first kappa shape index (κ1) is 25.8. The second kappa shape index (κ2) is 10.4. The van der Waals surface area contributed by atoms with Crippen molar-refractivity contribution < 1.29 is 11.0 Å². The van der Waals surface area contributed by atoms with E-state index in [4.69, 9.17) is 5.73 Å². The second-order valence-electron chi connectivity index (χ2n) is 6.32. The molecule has 28 heavy (non-hydrogen) atoms. The van der Waals surface area contributed by atoms with Crippen LogP contribution in [0.1, 0.15) is 31.7 Å². The Morgan fingerprint density at radius 1 is 1.11 bits per heavy atom. The van der Waals surface area contributed by atoms with Crippen LogP contribution in [0, 0.1) is 0 Å². The Bertz CT molecular complexity index is 1000. The molecule has 2 aromatic heterocycles. The second-order valence-corrected chi connectivity index (χ2v) is 6.32. The molecular formula is C17H25Cl2N5O4.